The Morgan fingerprint density at radius 2 is 2.26 bits per heavy atom. The number of ether oxygens (including phenoxy) is 1. The van der Waals surface area contributed by atoms with Crippen molar-refractivity contribution in [1.29, 1.82) is 0 Å². The predicted molar refractivity (Wildman–Crippen MR) is 71.0 cm³/mol. The number of aliphatic hydroxyl groups excluding tert-OH is 1. The van der Waals surface area contributed by atoms with Crippen LogP contribution >= 0.6 is 0 Å². The average Bonchev–Trinajstić information content (AvgIpc) is 2.40. The van der Waals surface area contributed by atoms with Crippen LogP contribution in [0.3, 0.4) is 0 Å². The first-order valence-corrected chi connectivity index (χ1v) is 6.58. The summed E-state index contributed by atoms with van der Waals surface area (Å²) in [4.78, 5) is 2.10. The Labute approximate surface area is 113 Å². The minimum absolute atomic E-state index is 0.00778. The van der Waals surface area contributed by atoms with Crippen molar-refractivity contribution in [3.05, 3.63) is 35.1 Å². The van der Waals surface area contributed by atoms with E-state index in [9.17, 15) is 9.50 Å². The highest BCUT2D eigenvalue weighted by Gasteiger charge is 2.25. The maximum Gasteiger partial charge on any atom is 0.127 e. The van der Waals surface area contributed by atoms with E-state index in [0.717, 1.165) is 12.1 Å². The van der Waals surface area contributed by atoms with Crippen LogP contribution in [-0.4, -0.2) is 41.9 Å². The summed E-state index contributed by atoms with van der Waals surface area (Å²) < 4.78 is 19.4. The third kappa shape index (κ3) is 3.73. The number of nitrogens with zero attached hydrogens (tertiary/aromatic N) is 1. The maximum absolute atomic E-state index is 13.8. The molecule has 2 atom stereocenters. The minimum atomic E-state index is -0.211. The molecule has 0 bridgehead atoms. The number of hydrogen-bond donors (Lipinski definition) is 2. The number of halogens is 1. The first kappa shape index (κ1) is 14.4. The van der Waals surface area contributed by atoms with Gasteiger partial charge in [0, 0.05) is 31.7 Å². The number of benzene rings is 1. The molecule has 1 aliphatic heterocycles. The van der Waals surface area contributed by atoms with E-state index in [1.54, 1.807) is 6.07 Å². The Balaban J connectivity index is 2.07. The first-order valence-electron chi connectivity index (χ1n) is 6.58. The standard InChI is InChI=1S/C14H21FN2O2/c1-10-6-17(8-13(9-18)19-10)7-12-4-11(5-16)2-3-14(12)15/h2-4,10,13,18H,5-9,16H2,1H3. The Morgan fingerprint density at radius 3 is 2.95 bits per heavy atom. The molecule has 3 N–H and O–H groups in total. The van der Waals surface area contributed by atoms with Crippen molar-refractivity contribution in [3.63, 3.8) is 0 Å². The molecule has 1 saturated heterocycles. The van der Waals surface area contributed by atoms with E-state index >= 15 is 0 Å². The fraction of sp³-hybridized carbons (Fsp3) is 0.571. The molecule has 0 aliphatic carbocycles. The van der Waals surface area contributed by atoms with Gasteiger partial charge in [-0.25, -0.2) is 4.39 Å². The minimum Gasteiger partial charge on any atom is -0.394 e. The molecule has 1 fully saturated rings. The number of nitrogens with two attached hydrogens (primary N) is 1. The molecule has 0 spiro atoms. The third-order valence-electron chi connectivity index (χ3n) is 3.35. The highest BCUT2D eigenvalue weighted by atomic mass is 19.1. The van der Waals surface area contributed by atoms with Crippen LogP contribution in [-0.2, 0) is 17.8 Å². The number of morpholine rings is 1. The van der Waals surface area contributed by atoms with Gasteiger partial charge in [-0.3, -0.25) is 4.90 Å². The number of hydrogen-bond acceptors (Lipinski definition) is 4. The monoisotopic (exact) mass is 268 g/mol. The smallest absolute Gasteiger partial charge is 0.127 e. The van der Waals surface area contributed by atoms with Crippen LogP contribution < -0.4 is 5.73 Å². The molecule has 0 amide bonds. The molecule has 1 aromatic carbocycles. The summed E-state index contributed by atoms with van der Waals surface area (Å²) in [5.41, 5.74) is 7.15. The van der Waals surface area contributed by atoms with Gasteiger partial charge in [-0.1, -0.05) is 12.1 Å². The Hall–Kier alpha value is -1.01. The van der Waals surface area contributed by atoms with Crippen molar-refractivity contribution in [2.24, 2.45) is 5.73 Å². The predicted octanol–water partition coefficient (Wildman–Crippen LogP) is 0.866. The molecule has 0 aromatic heterocycles. The van der Waals surface area contributed by atoms with E-state index < -0.39 is 0 Å². The fourth-order valence-electron chi connectivity index (χ4n) is 2.49. The molecule has 0 radical (unpaired) electrons. The third-order valence-corrected chi connectivity index (χ3v) is 3.35. The van der Waals surface area contributed by atoms with Crippen molar-refractivity contribution in [2.45, 2.75) is 32.2 Å². The molecule has 1 heterocycles. The lowest BCUT2D eigenvalue weighted by Crippen LogP contribution is -2.47. The summed E-state index contributed by atoms with van der Waals surface area (Å²) in [6.07, 6.45) is -0.142. The van der Waals surface area contributed by atoms with Crippen molar-refractivity contribution in [3.8, 4) is 0 Å². The molecular weight excluding hydrogens is 247 g/mol. The maximum atomic E-state index is 13.8. The zero-order valence-electron chi connectivity index (χ0n) is 11.2. The van der Waals surface area contributed by atoms with Crippen LogP contribution in [0.15, 0.2) is 18.2 Å². The van der Waals surface area contributed by atoms with Crippen molar-refractivity contribution < 1.29 is 14.2 Å². The molecule has 1 aromatic rings. The van der Waals surface area contributed by atoms with Gasteiger partial charge < -0.3 is 15.6 Å². The largest absolute Gasteiger partial charge is 0.394 e. The molecule has 2 rings (SSSR count). The summed E-state index contributed by atoms with van der Waals surface area (Å²) >= 11 is 0. The first-order chi connectivity index (χ1) is 9.12. The molecule has 19 heavy (non-hydrogen) atoms. The van der Waals surface area contributed by atoms with Crippen LogP contribution in [0.5, 0.6) is 0 Å². The van der Waals surface area contributed by atoms with Crippen LogP contribution in [0.25, 0.3) is 0 Å². The van der Waals surface area contributed by atoms with E-state index in [1.165, 1.54) is 6.07 Å². The Morgan fingerprint density at radius 1 is 1.47 bits per heavy atom. The molecular formula is C14H21FN2O2. The molecule has 106 valence electrons. The van der Waals surface area contributed by atoms with Crippen molar-refractivity contribution in [1.82, 2.24) is 4.90 Å². The Kier molecular flexibility index (Phi) is 4.87. The van der Waals surface area contributed by atoms with Gasteiger partial charge in [-0.2, -0.15) is 0 Å². The molecule has 0 saturated carbocycles. The second-order valence-corrected chi connectivity index (χ2v) is 5.08. The van der Waals surface area contributed by atoms with Gasteiger partial charge in [0.05, 0.1) is 18.8 Å². The van der Waals surface area contributed by atoms with Crippen LogP contribution in [0.2, 0.25) is 0 Å². The highest BCUT2D eigenvalue weighted by Crippen LogP contribution is 2.17. The van der Waals surface area contributed by atoms with Crippen molar-refractivity contribution in [2.75, 3.05) is 19.7 Å². The summed E-state index contributed by atoms with van der Waals surface area (Å²) in [5.74, 6) is -0.211. The quantitative estimate of drug-likeness (QED) is 0.850. The normalized spacial score (nSPS) is 24.6. The van der Waals surface area contributed by atoms with E-state index in [-0.39, 0.29) is 24.6 Å². The van der Waals surface area contributed by atoms with Crippen LogP contribution in [0, 0.1) is 5.82 Å². The topological polar surface area (TPSA) is 58.7 Å². The zero-order valence-corrected chi connectivity index (χ0v) is 11.2. The molecule has 4 nitrogen and oxygen atoms in total. The summed E-state index contributed by atoms with van der Waals surface area (Å²) in [6.45, 7) is 4.24. The molecule has 2 unspecified atom stereocenters. The van der Waals surface area contributed by atoms with Gasteiger partial charge in [0.2, 0.25) is 0 Å². The van der Waals surface area contributed by atoms with E-state index in [0.29, 0.717) is 25.2 Å². The number of aliphatic hydroxyl groups is 1. The van der Waals surface area contributed by atoms with Gasteiger partial charge in [-0.15, -0.1) is 0 Å². The average molecular weight is 268 g/mol. The van der Waals surface area contributed by atoms with E-state index in [2.05, 4.69) is 4.90 Å². The zero-order chi connectivity index (χ0) is 13.8. The van der Waals surface area contributed by atoms with Crippen molar-refractivity contribution >= 4 is 0 Å². The number of rotatable bonds is 4. The van der Waals surface area contributed by atoms with Gasteiger partial charge in [-0.05, 0) is 18.6 Å². The highest BCUT2D eigenvalue weighted by molar-refractivity contribution is 5.25. The summed E-state index contributed by atoms with van der Waals surface area (Å²) in [7, 11) is 0. The van der Waals surface area contributed by atoms with Gasteiger partial charge in [0.15, 0.2) is 0 Å². The van der Waals surface area contributed by atoms with E-state index in [1.807, 2.05) is 13.0 Å². The lowest BCUT2D eigenvalue weighted by atomic mass is 10.1. The SMILES string of the molecule is CC1CN(Cc2cc(CN)ccc2F)CC(CO)O1. The van der Waals surface area contributed by atoms with Gasteiger partial charge in [0.1, 0.15) is 5.82 Å². The van der Waals surface area contributed by atoms with Gasteiger partial charge >= 0.3 is 0 Å². The summed E-state index contributed by atoms with van der Waals surface area (Å²) in [5, 5.41) is 9.19. The lowest BCUT2D eigenvalue weighted by molar-refractivity contribution is -0.0974. The van der Waals surface area contributed by atoms with E-state index in [4.69, 9.17) is 10.5 Å². The van der Waals surface area contributed by atoms with Crippen LogP contribution in [0.4, 0.5) is 4.39 Å². The summed E-state index contributed by atoms with van der Waals surface area (Å²) in [6, 6.07) is 4.98. The lowest BCUT2D eigenvalue weighted by Gasteiger charge is -2.36. The van der Waals surface area contributed by atoms with Crippen LogP contribution in [0.1, 0.15) is 18.1 Å². The second-order valence-electron chi connectivity index (χ2n) is 5.08. The second kappa shape index (κ2) is 6.43. The van der Waals surface area contributed by atoms with Gasteiger partial charge in [0.25, 0.3) is 0 Å². The Bertz CT molecular complexity index is 428. The molecule has 5 heteroatoms. The fourth-order valence-corrected chi connectivity index (χ4v) is 2.49. The molecule has 1 aliphatic rings.